The molecule has 2 aromatic rings. The summed E-state index contributed by atoms with van der Waals surface area (Å²) in [7, 11) is 0. The Bertz CT molecular complexity index is 662. The number of hydrogen-bond donors (Lipinski definition) is 1. The summed E-state index contributed by atoms with van der Waals surface area (Å²) in [5, 5.41) is 14.7. The van der Waals surface area contributed by atoms with E-state index in [0.717, 1.165) is 15.7 Å². The van der Waals surface area contributed by atoms with E-state index in [4.69, 9.17) is 11.6 Å². The Morgan fingerprint density at radius 2 is 2.05 bits per heavy atom. The maximum absolute atomic E-state index is 10.9. The molecule has 0 amide bonds. The van der Waals surface area contributed by atoms with E-state index >= 15 is 0 Å². The molecule has 20 heavy (non-hydrogen) atoms. The normalized spacial score (nSPS) is 10.3. The molecule has 1 N–H and O–H groups in total. The summed E-state index contributed by atoms with van der Waals surface area (Å²) in [6.07, 6.45) is 0. The lowest BCUT2D eigenvalue weighted by Gasteiger charge is -2.09. The molecule has 0 atom stereocenters. The number of nitro groups is 1. The number of nitrogens with one attached hydrogen (secondary N) is 1. The summed E-state index contributed by atoms with van der Waals surface area (Å²) in [6.45, 7) is 2.20. The van der Waals surface area contributed by atoms with Crippen LogP contribution < -0.4 is 5.32 Å². The minimum absolute atomic E-state index is 0.131. The first-order valence-electron chi connectivity index (χ1n) is 5.90. The lowest BCUT2D eigenvalue weighted by molar-refractivity contribution is -0.385. The average Bonchev–Trinajstić information content (AvgIpc) is 2.39. The molecule has 2 aromatic carbocycles. The average molecular weight is 356 g/mol. The topological polar surface area (TPSA) is 55.2 Å². The van der Waals surface area contributed by atoms with Crippen molar-refractivity contribution in [3.05, 3.63) is 67.1 Å². The molecule has 2 rings (SSSR count). The van der Waals surface area contributed by atoms with E-state index in [0.29, 0.717) is 17.1 Å². The van der Waals surface area contributed by atoms with Gasteiger partial charge in [-0.1, -0.05) is 39.7 Å². The van der Waals surface area contributed by atoms with Gasteiger partial charge in [0.15, 0.2) is 0 Å². The van der Waals surface area contributed by atoms with Crippen molar-refractivity contribution in [1.29, 1.82) is 0 Å². The predicted octanol–water partition coefficient (Wildman–Crippen LogP) is 4.93. The van der Waals surface area contributed by atoms with Crippen molar-refractivity contribution < 1.29 is 4.92 Å². The van der Waals surface area contributed by atoms with Crippen LogP contribution in [0.5, 0.6) is 0 Å². The molecule has 0 aromatic heterocycles. The SMILES string of the molecule is Cc1ccc(CNc2ccc(Br)cc2Cl)cc1[N+](=O)[O-]. The Labute approximate surface area is 130 Å². The first-order valence-corrected chi connectivity index (χ1v) is 7.07. The summed E-state index contributed by atoms with van der Waals surface area (Å²) in [6, 6.07) is 10.7. The van der Waals surface area contributed by atoms with Crippen molar-refractivity contribution >= 4 is 38.9 Å². The van der Waals surface area contributed by atoms with Crippen LogP contribution in [0.15, 0.2) is 40.9 Å². The van der Waals surface area contributed by atoms with Crippen molar-refractivity contribution in [2.24, 2.45) is 0 Å². The second kappa shape index (κ2) is 6.24. The Morgan fingerprint density at radius 1 is 1.30 bits per heavy atom. The zero-order valence-corrected chi connectivity index (χ0v) is 13.0. The van der Waals surface area contributed by atoms with E-state index in [-0.39, 0.29) is 10.6 Å². The number of anilines is 1. The van der Waals surface area contributed by atoms with E-state index in [1.54, 1.807) is 25.1 Å². The van der Waals surface area contributed by atoms with Crippen LogP contribution in [0.2, 0.25) is 5.02 Å². The van der Waals surface area contributed by atoms with Gasteiger partial charge in [0.2, 0.25) is 0 Å². The monoisotopic (exact) mass is 354 g/mol. The van der Waals surface area contributed by atoms with E-state index in [1.165, 1.54) is 0 Å². The summed E-state index contributed by atoms with van der Waals surface area (Å²) >= 11 is 9.44. The lowest BCUT2D eigenvalue weighted by atomic mass is 10.1. The van der Waals surface area contributed by atoms with E-state index in [9.17, 15) is 10.1 Å². The van der Waals surface area contributed by atoms with Gasteiger partial charge in [-0.05, 0) is 30.7 Å². The van der Waals surface area contributed by atoms with Gasteiger partial charge in [-0.3, -0.25) is 10.1 Å². The highest BCUT2D eigenvalue weighted by Crippen LogP contribution is 2.26. The van der Waals surface area contributed by atoms with E-state index in [2.05, 4.69) is 21.2 Å². The number of nitro benzene ring substituents is 1. The maximum atomic E-state index is 10.9. The third kappa shape index (κ3) is 3.49. The zero-order valence-electron chi connectivity index (χ0n) is 10.7. The van der Waals surface area contributed by atoms with Crippen molar-refractivity contribution in [1.82, 2.24) is 0 Å². The van der Waals surface area contributed by atoms with Gasteiger partial charge < -0.3 is 5.32 Å². The van der Waals surface area contributed by atoms with Crippen LogP contribution in [0.1, 0.15) is 11.1 Å². The van der Waals surface area contributed by atoms with E-state index < -0.39 is 0 Å². The van der Waals surface area contributed by atoms with Crippen molar-refractivity contribution in [3.63, 3.8) is 0 Å². The van der Waals surface area contributed by atoms with Gasteiger partial charge in [0.1, 0.15) is 0 Å². The molecule has 0 aliphatic rings. The predicted molar refractivity (Wildman–Crippen MR) is 84.3 cm³/mol. The Balaban J connectivity index is 2.15. The fourth-order valence-electron chi connectivity index (χ4n) is 1.79. The number of rotatable bonds is 4. The summed E-state index contributed by atoms with van der Waals surface area (Å²) in [5.41, 5.74) is 2.41. The first-order chi connectivity index (χ1) is 9.47. The smallest absolute Gasteiger partial charge is 0.272 e. The fraction of sp³-hybridized carbons (Fsp3) is 0.143. The third-order valence-corrected chi connectivity index (χ3v) is 3.69. The zero-order chi connectivity index (χ0) is 14.7. The van der Waals surface area contributed by atoms with Crippen LogP contribution in [-0.4, -0.2) is 4.92 Å². The largest absolute Gasteiger partial charge is 0.380 e. The minimum Gasteiger partial charge on any atom is -0.380 e. The quantitative estimate of drug-likeness (QED) is 0.625. The summed E-state index contributed by atoms with van der Waals surface area (Å²) in [5.74, 6) is 0. The van der Waals surface area contributed by atoms with Crippen molar-refractivity contribution in [2.75, 3.05) is 5.32 Å². The van der Waals surface area contributed by atoms with Crippen molar-refractivity contribution in [2.45, 2.75) is 13.5 Å². The molecule has 0 aliphatic carbocycles. The van der Waals surface area contributed by atoms with Gasteiger partial charge in [-0.2, -0.15) is 0 Å². The number of nitrogens with zero attached hydrogens (tertiary/aromatic N) is 1. The number of benzene rings is 2. The summed E-state index contributed by atoms with van der Waals surface area (Å²) < 4.78 is 0.902. The molecular weight excluding hydrogens is 344 g/mol. The standard InChI is InChI=1S/C14H12BrClN2O2/c1-9-2-3-10(6-14(9)18(19)20)8-17-13-5-4-11(15)7-12(13)16/h2-7,17H,8H2,1H3. The molecule has 4 nitrogen and oxygen atoms in total. The number of hydrogen-bond acceptors (Lipinski definition) is 3. The van der Waals surface area contributed by atoms with Gasteiger partial charge in [0.05, 0.1) is 15.6 Å². The highest BCUT2D eigenvalue weighted by molar-refractivity contribution is 9.10. The third-order valence-electron chi connectivity index (χ3n) is 2.88. The molecule has 0 fully saturated rings. The first kappa shape index (κ1) is 14.8. The molecular formula is C14H12BrClN2O2. The highest BCUT2D eigenvalue weighted by Gasteiger charge is 2.11. The molecule has 0 aliphatic heterocycles. The molecule has 0 bridgehead atoms. The van der Waals surface area contributed by atoms with Crippen LogP contribution in [0.25, 0.3) is 0 Å². The van der Waals surface area contributed by atoms with Gasteiger partial charge in [0.25, 0.3) is 5.69 Å². The fourth-order valence-corrected chi connectivity index (χ4v) is 2.53. The van der Waals surface area contributed by atoms with Crippen molar-refractivity contribution in [3.8, 4) is 0 Å². The Kier molecular flexibility index (Phi) is 4.62. The van der Waals surface area contributed by atoms with Gasteiger partial charge in [-0.15, -0.1) is 0 Å². The van der Waals surface area contributed by atoms with Gasteiger partial charge in [-0.25, -0.2) is 0 Å². The Morgan fingerprint density at radius 3 is 2.70 bits per heavy atom. The molecule has 0 saturated carbocycles. The second-order valence-electron chi connectivity index (χ2n) is 4.36. The Hall–Kier alpha value is -1.59. The molecule has 0 unspecified atom stereocenters. The molecule has 104 valence electrons. The van der Waals surface area contributed by atoms with Gasteiger partial charge in [0, 0.05) is 22.6 Å². The minimum atomic E-state index is -0.370. The van der Waals surface area contributed by atoms with Crippen LogP contribution in [0.3, 0.4) is 0 Å². The molecule has 0 spiro atoms. The van der Waals surface area contributed by atoms with Crippen LogP contribution >= 0.6 is 27.5 Å². The lowest BCUT2D eigenvalue weighted by Crippen LogP contribution is -2.01. The molecule has 6 heteroatoms. The van der Waals surface area contributed by atoms with Crippen LogP contribution in [-0.2, 0) is 6.54 Å². The van der Waals surface area contributed by atoms with Crippen LogP contribution in [0, 0.1) is 17.0 Å². The number of aryl methyl sites for hydroxylation is 1. The highest BCUT2D eigenvalue weighted by atomic mass is 79.9. The second-order valence-corrected chi connectivity index (χ2v) is 5.68. The maximum Gasteiger partial charge on any atom is 0.272 e. The van der Waals surface area contributed by atoms with E-state index in [1.807, 2.05) is 18.2 Å². The number of halogens is 2. The van der Waals surface area contributed by atoms with Gasteiger partial charge >= 0.3 is 0 Å². The molecule has 0 heterocycles. The molecule has 0 radical (unpaired) electrons. The van der Waals surface area contributed by atoms with Crippen LogP contribution in [0.4, 0.5) is 11.4 Å². The molecule has 0 saturated heterocycles. The summed E-state index contributed by atoms with van der Waals surface area (Å²) in [4.78, 5) is 10.5.